The van der Waals surface area contributed by atoms with Crippen LogP contribution >= 0.6 is 24.0 Å². The second kappa shape index (κ2) is 10.8. The van der Waals surface area contributed by atoms with Crippen molar-refractivity contribution < 1.29 is 0 Å². The molecule has 0 spiro atoms. The van der Waals surface area contributed by atoms with Crippen LogP contribution in [0, 0.1) is 0 Å². The standard InChI is InChI=1S/C19H31N5.HI/c1-2-20-19(23-17-8-4-5-9-17)22-15-16-10-11-21-18(14-16)24-12-6-3-7-13-24;/h10-11,14,17H,2-9,12-13,15H2,1H3,(H2,20,22,23);1H. The number of nitrogens with zero attached hydrogens (tertiary/aromatic N) is 3. The van der Waals surface area contributed by atoms with E-state index in [0.717, 1.165) is 31.4 Å². The Bertz CT molecular complexity index is 536. The average Bonchev–Trinajstić information content (AvgIpc) is 3.14. The van der Waals surface area contributed by atoms with Gasteiger partial charge in [-0.05, 0) is 56.7 Å². The highest BCUT2D eigenvalue weighted by Crippen LogP contribution is 2.19. The van der Waals surface area contributed by atoms with Gasteiger partial charge in [-0.2, -0.15) is 0 Å². The third-order valence-corrected chi connectivity index (χ3v) is 4.95. The first-order valence-corrected chi connectivity index (χ1v) is 9.60. The Labute approximate surface area is 169 Å². The Balaban J connectivity index is 0.00000225. The Morgan fingerprint density at radius 1 is 1.20 bits per heavy atom. The van der Waals surface area contributed by atoms with E-state index in [1.807, 2.05) is 6.20 Å². The fraction of sp³-hybridized carbons (Fsp3) is 0.684. The molecule has 3 rings (SSSR count). The minimum Gasteiger partial charge on any atom is -0.357 e. The van der Waals surface area contributed by atoms with E-state index in [1.165, 1.54) is 50.5 Å². The van der Waals surface area contributed by atoms with Gasteiger partial charge in [-0.3, -0.25) is 0 Å². The van der Waals surface area contributed by atoms with Gasteiger partial charge in [-0.25, -0.2) is 9.98 Å². The quantitative estimate of drug-likeness (QED) is 0.403. The van der Waals surface area contributed by atoms with E-state index in [-0.39, 0.29) is 24.0 Å². The maximum Gasteiger partial charge on any atom is 0.191 e. The summed E-state index contributed by atoms with van der Waals surface area (Å²) in [4.78, 5) is 11.7. The summed E-state index contributed by atoms with van der Waals surface area (Å²) in [6, 6.07) is 4.87. The number of aliphatic imine (C=N–C) groups is 1. The van der Waals surface area contributed by atoms with Crippen LogP contribution in [-0.4, -0.2) is 36.6 Å². The first kappa shape index (κ1) is 20.3. The number of halogens is 1. The number of rotatable bonds is 5. The Morgan fingerprint density at radius 3 is 2.68 bits per heavy atom. The number of anilines is 1. The van der Waals surface area contributed by atoms with Gasteiger partial charge < -0.3 is 15.5 Å². The first-order chi connectivity index (χ1) is 11.8. The van der Waals surface area contributed by atoms with Crippen molar-refractivity contribution in [3.63, 3.8) is 0 Å². The number of nitrogens with one attached hydrogen (secondary N) is 2. The number of pyridine rings is 1. The van der Waals surface area contributed by atoms with E-state index in [0.29, 0.717) is 12.6 Å². The minimum atomic E-state index is 0. The van der Waals surface area contributed by atoms with Gasteiger partial charge in [-0.15, -0.1) is 24.0 Å². The molecule has 5 nitrogen and oxygen atoms in total. The Kier molecular flexibility index (Phi) is 8.78. The predicted octanol–water partition coefficient (Wildman–Crippen LogP) is 3.69. The van der Waals surface area contributed by atoms with Crippen molar-refractivity contribution in [1.82, 2.24) is 15.6 Å². The van der Waals surface area contributed by atoms with Gasteiger partial charge in [0.15, 0.2) is 5.96 Å². The summed E-state index contributed by atoms with van der Waals surface area (Å²) in [5.41, 5.74) is 1.23. The van der Waals surface area contributed by atoms with Crippen molar-refractivity contribution in [2.75, 3.05) is 24.5 Å². The van der Waals surface area contributed by atoms with Crippen molar-refractivity contribution in [2.45, 2.75) is 64.5 Å². The van der Waals surface area contributed by atoms with Gasteiger partial charge in [0.25, 0.3) is 0 Å². The van der Waals surface area contributed by atoms with Gasteiger partial charge in [0, 0.05) is 31.9 Å². The zero-order valence-corrected chi connectivity index (χ0v) is 17.7. The molecule has 1 aliphatic heterocycles. The summed E-state index contributed by atoms with van der Waals surface area (Å²) in [6.07, 6.45) is 11.0. The molecule has 2 aliphatic rings. The molecule has 1 aromatic heterocycles. The smallest absolute Gasteiger partial charge is 0.191 e. The second-order valence-corrected chi connectivity index (χ2v) is 6.89. The van der Waals surface area contributed by atoms with Crippen LogP contribution in [0.4, 0.5) is 5.82 Å². The SMILES string of the molecule is CCNC(=NCc1ccnc(N2CCCCC2)c1)NC1CCCC1.I. The number of piperidine rings is 1. The van der Waals surface area contributed by atoms with E-state index in [1.54, 1.807) is 0 Å². The second-order valence-electron chi connectivity index (χ2n) is 6.89. The molecule has 0 atom stereocenters. The maximum absolute atomic E-state index is 4.78. The third kappa shape index (κ3) is 6.31. The third-order valence-electron chi connectivity index (χ3n) is 4.95. The predicted molar refractivity (Wildman–Crippen MR) is 116 cm³/mol. The van der Waals surface area contributed by atoms with E-state index >= 15 is 0 Å². The lowest BCUT2D eigenvalue weighted by Gasteiger charge is -2.27. The summed E-state index contributed by atoms with van der Waals surface area (Å²) in [6.45, 7) is 5.98. The largest absolute Gasteiger partial charge is 0.357 e. The zero-order valence-electron chi connectivity index (χ0n) is 15.3. The molecule has 1 saturated carbocycles. The molecule has 0 aromatic carbocycles. The topological polar surface area (TPSA) is 52.6 Å². The molecule has 0 radical (unpaired) electrons. The van der Waals surface area contributed by atoms with Crippen molar-refractivity contribution in [3.8, 4) is 0 Å². The highest BCUT2D eigenvalue weighted by molar-refractivity contribution is 14.0. The molecule has 0 amide bonds. The summed E-state index contributed by atoms with van der Waals surface area (Å²) in [5.74, 6) is 2.05. The molecule has 0 bridgehead atoms. The Morgan fingerprint density at radius 2 is 1.96 bits per heavy atom. The summed E-state index contributed by atoms with van der Waals surface area (Å²) >= 11 is 0. The highest BCUT2D eigenvalue weighted by Gasteiger charge is 2.16. The van der Waals surface area contributed by atoms with Gasteiger partial charge >= 0.3 is 0 Å². The normalized spacial score (nSPS) is 18.8. The Hall–Kier alpha value is -1.05. The lowest BCUT2D eigenvalue weighted by atomic mass is 10.1. The van der Waals surface area contributed by atoms with Crippen molar-refractivity contribution in [1.29, 1.82) is 0 Å². The molecule has 1 aromatic rings. The van der Waals surface area contributed by atoms with Crippen LogP contribution in [0.5, 0.6) is 0 Å². The van der Waals surface area contributed by atoms with Crippen LogP contribution in [-0.2, 0) is 6.54 Å². The van der Waals surface area contributed by atoms with E-state index in [4.69, 9.17) is 4.99 Å². The average molecular weight is 457 g/mol. The molecule has 1 aliphatic carbocycles. The van der Waals surface area contributed by atoms with Gasteiger partial charge in [0.2, 0.25) is 0 Å². The lowest BCUT2D eigenvalue weighted by molar-refractivity contribution is 0.573. The van der Waals surface area contributed by atoms with Crippen LogP contribution in [0.2, 0.25) is 0 Å². The summed E-state index contributed by atoms with van der Waals surface area (Å²) < 4.78 is 0. The van der Waals surface area contributed by atoms with Crippen LogP contribution in [0.15, 0.2) is 23.3 Å². The fourth-order valence-corrected chi connectivity index (χ4v) is 3.61. The minimum absolute atomic E-state index is 0. The fourth-order valence-electron chi connectivity index (χ4n) is 3.61. The van der Waals surface area contributed by atoms with E-state index < -0.39 is 0 Å². The molecular weight excluding hydrogens is 425 g/mol. The number of aromatic nitrogens is 1. The molecule has 6 heteroatoms. The molecule has 1 saturated heterocycles. The van der Waals surface area contributed by atoms with Gasteiger partial charge in [0.05, 0.1) is 6.54 Å². The number of guanidine groups is 1. The summed E-state index contributed by atoms with van der Waals surface area (Å²) in [7, 11) is 0. The van der Waals surface area contributed by atoms with Crippen LogP contribution in [0.25, 0.3) is 0 Å². The molecule has 140 valence electrons. The van der Waals surface area contributed by atoms with E-state index in [2.05, 4.69) is 39.6 Å². The van der Waals surface area contributed by atoms with Gasteiger partial charge in [-0.1, -0.05) is 12.8 Å². The van der Waals surface area contributed by atoms with Crippen LogP contribution < -0.4 is 15.5 Å². The van der Waals surface area contributed by atoms with Crippen molar-refractivity contribution in [3.05, 3.63) is 23.9 Å². The molecular formula is C19H32IN5. The van der Waals surface area contributed by atoms with Crippen LogP contribution in [0.3, 0.4) is 0 Å². The number of hydrogen-bond donors (Lipinski definition) is 2. The monoisotopic (exact) mass is 457 g/mol. The van der Waals surface area contributed by atoms with Crippen molar-refractivity contribution in [2.24, 2.45) is 4.99 Å². The van der Waals surface area contributed by atoms with E-state index in [9.17, 15) is 0 Å². The van der Waals surface area contributed by atoms with Crippen molar-refractivity contribution >= 4 is 35.8 Å². The first-order valence-electron chi connectivity index (χ1n) is 9.60. The lowest BCUT2D eigenvalue weighted by Crippen LogP contribution is -2.42. The van der Waals surface area contributed by atoms with Gasteiger partial charge in [0.1, 0.15) is 5.82 Å². The highest BCUT2D eigenvalue weighted by atomic mass is 127. The maximum atomic E-state index is 4.78. The zero-order chi connectivity index (χ0) is 16.6. The molecule has 25 heavy (non-hydrogen) atoms. The summed E-state index contributed by atoms with van der Waals surface area (Å²) in [5, 5.41) is 6.95. The molecule has 0 unspecified atom stereocenters. The molecule has 2 fully saturated rings. The number of hydrogen-bond acceptors (Lipinski definition) is 3. The molecule has 2 N–H and O–H groups in total. The van der Waals surface area contributed by atoms with Crippen LogP contribution in [0.1, 0.15) is 57.4 Å². The molecule has 2 heterocycles.